The molecule has 1 aliphatic rings. The van der Waals surface area contributed by atoms with Crippen molar-refractivity contribution in [1.29, 1.82) is 0 Å². The molecule has 3 aromatic heterocycles. The molecule has 4 heterocycles. The maximum Gasteiger partial charge on any atom is 0.297 e. The fourth-order valence-electron chi connectivity index (χ4n) is 4.15. The van der Waals surface area contributed by atoms with Crippen molar-refractivity contribution in [2.45, 2.75) is 25.3 Å². The van der Waals surface area contributed by atoms with Gasteiger partial charge in [0, 0.05) is 41.3 Å². The highest BCUT2D eigenvalue weighted by molar-refractivity contribution is 7.89. The van der Waals surface area contributed by atoms with Gasteiger partial charge < -0.3 is 9.32 Å². The van der Waals surface area contributed by atoms with E-state index in [2.05, 4.69) is 4.98 Å². The minimum absolute atomic E-state index is 0.115. The number of carbonyl (C=O) groups is 1. The Morgan fingerprint density at radius 1 is 1.15 bits per heavy atom. The average Bonchev–Trinajstić information content (AvgIpc) is 3.35. The molecule has 1 aliphatic heterocycles. The van der Waals surface area contributed by atoms with Gasteiger partial charge in [-0.05, 0) is 32.0 Å². The lowest BCUT2D eigenvalue weighted by Crippen LogP contribution is -2.51. The highest BCUT2D eigenvalue weighted by atomic mass is 32.2. The van der Waals surface area contributed by atoms with Crippen LogP contribution in [-0.2, 0) is 21.4 Å². The molecule has 0 spiro atoms. The van der Waals surface area contributed by atoms with Crippen LogP contribution in [0.15, 0.2) is 50.8 Å². The number of hydrogen-bond acceptors (Lipinski definition) is 7. The van der Waals surface area contributed by atoms with E-state index in [1.165, 1.54) is 26.5 Å². The number of hydrogen-bond donors (Lipinski definition) is 0. The van der Waals surface area contributed by atoms with Gasteiger partial charge in [0.05, 0.1) is 11.2 Å². The van der Waals surface area contributed by atoms with Crippen molar-refractivity contribution in [2.24, 2.45) is 0 Å². The van der Waals surface area contributed by atoms with Gasteiger partial charge in [0.25, 0.3) is 5.56 Å². The Hall–Kier alpha value is -3.02. The van der Waals surface area contributed by atoms with E-state index < -0.39 is 15.6 Å². The van der Waals surface area contributed by atoms with Crippen LogP contribution >= 0.6 is 11.3 Å². The number of sulfonamides is 1. The Morgan fingerprint density at radius 2 is 1.88 bits per heavy atom. The number of aromatic nitrogens is 2. The molecule has 4 aromatic rings. The average molecular weight is 487 g/mol. The zero-order valence-electron chi connectivity index (χ0n) is 18.1. The van der Waals surface area contributed by atoms with Crippen molar-refractivity contribution in [3.05, 3.63) is 56.8 Å². The Labute approximate surface area is 193 Å². The summed E-state index contributed by atoms with van der Waals surface area (Å²) in [7, 11) is -3.60. The summed E-state index contributed by atoms with van der Waals surface area (Å²) in [6, 6.07) is 8.94. The molecule has 0 radical (unpaired) electrons. The van der Waals surface area contributed by atoms with Crippen LogP contribution in [0.5, 0.6) is 0 Å². The number of thiophene rings is 1. The number of amides is 1. The molecule has 11 heteroatoms. The largest absolute Gasteiger partial charge is 0.448 e. The Balaban J connectivity index is 1.30. The highest BCUT2D eigenvalue weighted by Gasteiger charge is 2.32. The molecule has 1 amide bonds. The number of piperazine rings is 1. The normalized spacial score (nSPS) is 15.5. The molecule has 172 valence electrons. The van der Waals surface area contributed by atoms with E-state index in [4.69, 9.17) is 4.42 Å². The van der Waals surface area contributed by atoms with Gasteiger partial charge in [-0.3, -0.25) is 14.2 Å². The van der Waals surface area contributed by atoms with Crippen LogP contribution in [0.1, 0.15) is 9.75 Å². The van der Waals surface area contributed by atoms with Crippen molar-refractivity contribution in [2.75, 3.05) is 26.2 Å². The quantitative estimate of drug-likeness (QED) is 0.438. The fraction of sp³-hybridized carbons (Fsp3) is 0.318. The molecule has 0 N–H and O–H groups in total. The molecule has 1 fully saturated rings. The number of carbonyl (C=O) groups excluding carboxylic acids is 1. The maximum atomic E-state index is 13.0. The molecule has 33 heavy (non-hydrogen) atoms. The molecule has 0 bridgehead atoms. The minimum Gasteiger partial charge on any atom is -0.448 e. The van der Waals surface area contributed by atoms with Crippen LogP contribution in [-0.4, -0.2) is 59.3 Å². The second-order valence-corrected chi connectivity index (χ2v) is 11.4. The van der Waals surface area contributed by atoms with Crippen LogP contribution in [0.4, 0.5) is 0 Å². The smallest absolute Gasteiger partial charge is 0.297 e. The van der Waals surface area contributed by atoms with E-state index in [0.29, 0.717) is 16.0 Å². The lowest BCUT2D eigenvalue weighted by molar-refractivity contribution is -0.133. The molecule has 5 rings (SSSR count). The number of fused-ring (bicyclic) bond motifs is 3. The Morgan fingerprint density at radius 3 is 2.58 bits per heavy atom. The number of furan rings is 1. The van der Waals surface area contributed by atoms with Gasteiger partial charge in [0.15, 0.2) is 0 Å². The van der Waals surface area contributed by atoms with Gasteiger partial charge in [-0.15, -0.1) is 11.3 Å². The van der Waals surface area contributed by atoms with Crippen LogP contribution in [0.3, 0.4) is 0 Å². The SMILES string of the molecule is Cc1cc(S(=O)(=O)N2CCN(C(=O)Cn3cnc4c(oc5ccccc54)c3=O)CC2)c(C)s1. The zero-order valence-corrected chi connectivity index (χ0v) is 19.8. The number of benzene rings is 1. The van der Waals surface area contributed by atoms with Crippen LogP contribution in [0.2, 0.25) is 0 Å². The number of aryl methyl sites for hydroxylation is 2. The number of rotatable bonds is 4. The molecular weight excluding hydrogens is 464 g/mol. The molecular formula is C22H22N4O5S2. The molecule has 1 saturated heterocycles. The predicted octanol–water partition coefficient (Wildman–Crippen LogP) is 2.35. The lowest BCUT2D eigenvalue weighted by Gasteiger charge is -2.34. The first kappa shape index (κ1) is 21.8. The summed E-state index contributed by atoms with van der Waals surface area (Å²) in [5.74, 6) is -0.269. The third-order valence-electron chi connectivity index (χ3n) is 5.86. The molecule has 0 saturated carbocycles. The van der Waals surface area contributed by atoms with Crippen molar-refractivity contribution in [1.82, 2.24) is 18.8 Å². The van der Waals surface area contributed by atoms with E-state index in [1.54, 1.807) is 24.0 Å². The molecule has 0 aliphatic carbocycles. The third-order valence-corrected chi connectivity index (χ3v) is 8.98. The summed E-state index contributed by atoms with van der Waals surface area (Å²) in [6.45, 7) is 4.43. The van der Waals surface area contributed by atoms with Crippen molar-refractivity contribution in [3.8, 4) is 0 Å². The molecule has 0 unspecified atom stereocenters. The minimum atomic E-state index is -3.60. The van der Waals surface area contributed by atoms with Crippen molar-refractivity contribution >= 4 is 49.3 Å². The fourth-order valence-corrected chi connectivity index (χ4v) is 7.10. The summed E-state index contributed by atoms with van der Waals surface area (Å²) in [4.78, 5) is 33.7. The van der Waals surface area contributed by atoms with E-state index in [1.807, 2.05) is 25.1 Å². The summed E-state index contributed by atoms with van der Waals surface area (Å²) in [5, 5.41) is 0.747. The lowest BCUT2D eigenvalue weighted by atomic mass is 10.2. The first-order valence-corrected chi connectivity index (χ1v) is 12.7. The first-order chi connectivity index (χ1) is 15.8. The van der Waals surface area contributed by atoms with Gasteiger partial charge in [-0.2, -0.15) is 4.31 Å². The van der Waals surface area contributed by atoms with Crippen LogP contribution in [0, 0.1) is 13.8 Å². The van der Waals surface area contributed by atoms with Crippen molar-refractivity contribution in [3.63, 3.8) is 0 Å². The summed E-state index contributed by atoms with van der Waals surface area (Å²) < 4.78 is 34.3. The van der Waals surface area contributed by atoms with Gasteiger partial charge in [-0.1, -0.05) is 12.1 Å². The number of nitrogens with zero attached hydrogens (tertiary/aromatic N) is 4. The van der Waals surface area contributed by atoms with Crippen LogP contribution < -0.4 is 5.56 Å². The van der Waals surface area contributed by atoms with Gasteiger partial charge in [0.1, 0.15) is 17.6 Å². The molecule has 0 atom stereocenters. The van der Waals surface area contributed by atoms with Gasteiger partial charge in [0.2, 0.25) is 21.5 Å². The second-order valence-electron chi connectivity index (χ2n) is 8.02. The van der Waals surface area contributed by atoms with Crippen molar-refractivity contribution < 1.29 is 17.6 Å². The van der Waals surface area contributed by atoms with E-state index in [0.717, 1.165) is 15.1 Å². The van der Waals surface area contributed by atoms with Gasteiger partial charge >= 0.3 is 0 Å². The van der Waals surface area contributed by atoms with E-state index in [9.17, 15) is 18.0 Å². The second kappa shape index (κ2) is 8.08. The third kappa shape index (κ3) is 3.75. The maximum absolute atomic E-state index is 13.0. The standard InChI is InChI=1S/C22H22N4O5S2/c1-14-11-18(15(2)32-14)33(29,30)26-9-7-24(8-10-26)19(27)12-25-13-23-20-16-5-3-4-6-17(16)31-21(20)22(25)28/h3-6,11,13H,7-10,12H2,1-2H3. The topological polar surface area (TPSA) is 106 Å². The first-order valence-electron chi connectivity index (χ1n) is 10.5. The Bertz CT molecular complexity index is 1540. The summed E-state index contributed by atoms with van der Waals surface area (Å²) in [6.07, 6.45) is 1.35. The van der Waals surface area contributed by atoms with Crippen LogP contribution in [0.25, 0.3) is 22.1 Å². The van der Waals surface area contributed by atoms with E-state index >= 15 is 0 Å². The molecule has 9 nitrogen and oxygen atoms in total. The van der Waals surface area contributed by atoms with E-state index in [-0.39, 0.29) is 44.2 Å². The number of para-hydroxylation sites is 1. The summed E-state index contributed by atoms with van der Waals surface area (Å²) >= 11 is 1.45. The summed E-state index contributed by atoms with van der Waals surface area (Å²) in [5.41, 5.74) is 0.726. The molecule has 1 aromatic carbocycles. The van der Waals surface area contributed by atoms with Gasteiger partial charge in [-0.25, -0.2) is 13.4 Å². The predicted molar refractivity (Wildman–Crippen MR) is 125 cm³/mol. The highest BCUT2D eigenvalue weighted by Crippen LogP contribution is 2.28. The monoisotopic (exact) mass is 486 g/mol. The Kier molecular flexibility index (Phi) is 5.34. The zero-order chi connectivity index (χ0) is 23.3.